The molecule has 8 heteroatoms. The number of hydrogen-bond acceptors (Lipinski definition) is 6. The molecule has 0 radical (unpaired) electrons. The van der Waals surface area contributed by atoms with E-state index in [0.29, 0.717) is 28.9 Å². The van der Waals surface area contributed by atoms with Crippen molar-refractivity contribution in [1.82, 2.24) is 15.0 Å². The number of fused-ring (bicyclic) bond motifs is 1. The number of aryl methyl sites for hydroxylation is 1. The molecule has 2 aromatic heterocycles. The van der Waals surface area contributed by atoms with Gasteiger partial charge in [0.05, 0.1) is 22.3 Å². The highest BCUT2D eigenvalue weighted by Gasteiger charge is 2.27. The van der Waals surface area contributed by atoms with Crippen LogP contribution in [0.1, 0.15) is 48.7 Å². The van der Waals surface area contributed by atoms with Crippen LogP contribution in [0, 0.1) is 12.7 Å². The first-order valence-corrected chi connectivity index (χ1v) is 10.5. The van der Waals surface area contributed by atoms with Gasteiger partial charge in [-0.15, -0.1) is 0 Å². The maximum atomic E-state index is 13.3. The van der Waals surface area contributed by atoms with E-state index in [2.05, 4.69) is 17.1 Å². The summed E-state index contributed by atoms with van der Waals surface area (Å²) in [6, 6.07) is 7.50. The van der Waals surface area contributed by atoms with Crippen molar-refractivity contribution in [3.8, 4) is 11.3 Å². The van der Waals surface area contributed by atoms with Crippen molar-refractivity contribution in [2.75, 3.05) is 13.2 Å². The van der Waals surface area contributed by atoms with E-state index in [4.69, 9.17) is 9.26 Å². The molecule has 7 nitrogen and oxygen atoms in total. The monoisotopic (exact) mass is 425 g/mol. The first-order chi connectivity index (χ1) is 15.0. The molecule has 1 atom stereocenters. The molecule has 3 aromatic rings. The van der Waals surface area contributed by atoms with Gasteiger partial charge in [0.1, 0.15) is 5.82 Å². The van der Waals surface area contributed by atoms with Gasteiger partial charge in [-0.1, -0.05) is 12.1 Å². The molecule has 0 saturated carbocycles. The molecule has 1 aliphatic heterocycles. The number of nitrogens with zero attached hydrogens (tertiary/aromatic N) is 3. The number of carbonyl (C=O) groups excluding carboxylic acids is 2. The predicted octanol–water partition coefficient (Wildman–Crippen LogP) is 4.29. The van der Waals surface area contributed by atoms with E-state index < -0.39 is 5.97 Å². The molecular formula is C23H24FN3O4. The van der Waals surface area contributed by atoms with Gasteiger partial charge >= 0.3 is 5.97 Å². The zero-order chi connectivity index (χ0) is 22.0. The SMILES string of the molecule is CCC1CCCCN1C(=O)COC(=O)c1cc(-c2ccc(F)cc2)nc2onc(C)c12. The van der Waals surface area contributed by atoms with Gasteiger partial charge in [0.2, 0.25) is 0 Å². The summed E-state index contributed by atoms with van der Waals surface area (Å²) in [5.74, 6) is -1.21. The van der Waals surface area contributed by atoms with E-state index in [-0.39, 0.29) is 35.7 Å². The van der Waals surface area contributed by atoms with Gasteiger partial charge < -0.3 is 14.2 Å². The van der Waals surface area contributed by atoms with Crippen molar-refractivity contribution in [1.29, 1.82) is 0 Å². The van der Waals surface area contributed by atoms with Crippen LogP contribution in [0.4, 0.5) is 4.39 Å². The number of piperidine rings is 1. The number of ether oxygens (including phenoxy) is 1. The van der Waals surface area contributed by atoms with Crippen LogP contribution < -0.4 is 0 Å². The van der Waals surface area contributed by atoms with Crippen molar-refractivity contribution < 1.29 is 23.2 Å². The number of halogens is 1. The summed E-state index contributed by atoms with van der Waals surface area (Å²) < 4.78 is 23.9. The number of hydrogen-bond donors (Lipinski definition) is 0. The van der Waals surface area contributed by atoms with Crippen LogP contribution in [-0.2, 0) is 9.53 Å². The Labute approximate surface area is 179 Å². The Morgan fingerprint density at radius 2 is 2.03 bits per heavy atom. The topological polar surface area (TPSA) is 85.5 Å². The molecule has 0 bridgehead atoms. The lowest BCUT2D eigenvalue weighted by Gasteiger charge is -2.35. The zero-order valence-corrected chi connectivity index (χ0v) is 17.6. The summed E-state index contributed by atoms with van der Waals surface area (Å²) in [7, 11) is 0. The third-order valence-corrected chi connectivity index (χ3v) is 5.72. The number of esters is 1. The van der Waals surface area contributed by atoms with Crippen molar-refractivity contribution in [3.63, 3.8) is 0 Å². The molecule has 1 unspecified atom stereocenters. The maximum Gasteiger partial charge on any atom is 0.339 e. The van der Waals surface area contributed by atoms with Crippen LogP contribution in [0.15, 0.2) is 34.9 Å². The number of benzene rings is 1. The number of aromatic nitrogens is 2. The van der Waals surface area contributed by atoms with Gasteiger partial charge in [0.25, 0.3) is 11.6 Å². The van der Waals surface area contributed by atoms with Crippen molar-refractivity contribution in [2.45, 2.75) is 45.6 Å². The van der Waals surface area contributed by atoms with E-state index in [1.165, 1.54) is 12.1 Å². The Kier molecular flexibility index (Phi) is 5.97. The number of rotatable bonds is 5. The fourth-order valence-electron chi connectivity index (χ4n) is 4.07. The molecule has 0 N–H and O–H groups in total. The van der Waals surface area contributed by atoms with Gasteiger partial charge in [0.15, 0.2) is 6.61 Å². The Hall–Kier alpha value is -3.29. The van der Waals surface area contributed by atoms with Gasteiger partial charge in [0, 0.05) is 18.2 Å². The normalized spacial score (nSPS) is 16.5. The second-order valence-corrected chi connectivity index (χ2v) is 7.73. The van der Waals surface area contributed by atoms with Gasteiger partial charge in [-0.2, -0.15) is 0 Å². The van der Waals surface area contributed by atoms with E-state index in [1.807, 2.05) is 4.90 Å². The second kappa shape index (κ2) is 8.83. The summed E-state index contributed by atoms with van der Waals surface area (Å²) in [5.41, 5.74) is 1.92. The molecule has 1 saturated heterocycles. The van der Waals surface area contributed by atoms with E-state index in [1.54, 1.807) is 25.1 Å². The molecule has 1 aliphatic rings. The third-order valence-electron chi connectivity index (χ3n) is 5.72. The van der Waals surface area contributed by atoms with Crippen LogP contribution in [0.25, 0.3) is 22.4 Å². The van der Waals surface area contributed by atoms with Crippen LogP contribution in [0.5, 0.6) is 0 Å². The average molecular weight is 425 g/mol. The summed E-state index contributed by atoms with van der Waals surface area (Å²) in [4.78, 5) is 31.8. The number of amides is 1. The Bertz CT molecular complexity index is 1110. The van der Waals surface area contributed by atoms with Gasteiger partial charge in [-0.3, -0.25) is 4.79 Å². The van der Waals surface area contributed by atoms with Crippen LogP contribution >= 0.6 is 0 Å². The smallest absolute Gasteiger partial charge is 0.339 e. The summed E-state index contributed by atoms with van der Waals surface area (Å²) in [6.07, 6.45) is 3.92. The number of pyridine rings is 1. The molecule has 1 fully saturated rings. The Balaban J connectivity index is 1.59. The Morgan fingerprint density at radius 1 is 1.26 bits per heavy atom. The number of carbonyl (C=O) groups is 2. The first-order valence-electron chi connectivity index (χ1n) is 10.5. The van der Waals surface area contributed by atoms with Gasteiger partial charge in [-0.05, 0) is 62.9 Å². The lowest BCUT2D eigenvalue weighted by molar-refractivity contribution is -0.138. The number of likely N-dealkylation sites (tertiary alicyclic amines) is 1. The minimum Gasteiger partial charge on any atom is -0.452 e. The fourth-order valence-corrected chi connectivity index (χ4v) is 4.07. The highest BCUT2D eigenvalue weighted by Crippen LogP contribution is 2.28. The third kappa shape index (κ3) is 4.28. The lowest BCUT2D eigenvalue weighted by atomic mass is 10.00. The molecule has 4 rings (SSSR count). The summed E-state index contributed by atoms with van der Waals surface area (Å²) >= 11 is 0. The van der Waals surface area contributed by atoms with E-state index in [0.717, 1.165) is 25.7 Å². The molecule has 0 aliphatic carbocycles. The second-order valence-electron chi connectivity index (χ2n) is 7.73. The molecule has 0 spiro atoms. The zero-order valence-electron chi connectivity index (χ0n) is 17.6. The van der Waals surface area contributed by atoms with Crippen LogP contribution in [-0.4, -0.2) is 46.1 Å². The van der Waals surface area contributed by atoms with Crippen molar-refractivity contribution >= 4 is 23.0 Å². The first kappa shape index (κ1) is 21.0. The fraction of sp³-hybridized carbons (Fsp3) is 0.391. The van der Waals surface area contributed by atoms with E-state index >= 15 is 0 Å². The molecular weight excluding hydrogens is 401 g/mol. The van der Waals surface area contributed by atoms with Crippen molar-refractivity contribution in [2.24, 2.45) is 0 Å². The summed E-state index contributed by atoms with van der Waals surface area (Å²) in [6.45, 7) is 4.12. The molecule has 162 valence electrons. The quantitative estimate of drug-likeness (QED) is 0.567. The molecule has 3 heterocycles. The van der Waals surface area contributed by atoms with Crippen LogP contribution in [0.3, 0.4) is 0 Å². The molecule has 1 aromatic carbocycles. The summed E-state index contributed by atoms with van der Waals surface area (Å²) in [5, 5.41) is 4.33. The largest absolute Gasteiger partial charge is 0.452 e. The average Bonchev–Trinajstić information content (AvgIpc) is 3.17. The van der Waals surface area contributed by atoms with Crippen LogP contribution in [0.2, 0.25) is 0 Å². The maximum absolute atomic E-state index is 13.3. The standard InChI is InChI=1S/C23H24FN3O4/c1-3-17-6-4-5-11-27(17)20(28)13-30-23(29)18-12-19(15-7-9-16(24)10-8-15)25-22-21(18)14(2)26-31-22/h7-10,12,17H,3-6,11,13H2,1-2H3. The van der Waals surface area contributed by atoms with E-state index in [9.17, 15) is 14.0 Å². The highest BCUT2D eigenvalue weighted by molar-refractivity contribution is 6.04. The highest BCUT2D eigenvalue weighted by atomic mass is 19.1. The molecule has 31 heavy (non-hydrogen) atoms. The minimum atomic E-state index is -0.652. The minimum absolute atomic E-state index is 0.180. The lowest BCUT2D eigenvalue weighted by Crippen LogP contribution is -2.45. The predicted molar refractivity (Wildman–Crippen MR) is 112 cm³/mol. The Morgan fingerprint density at radius 3 is 2.77 bits per heavy atom. The molecule has 1 amide bonds. The van der Waals surface area contributed by atoms with Gasteiger partial charge in [-0.25, -0.2) is 14.2 Å². The van der Waals surface area contributed by atoms with Crippen molar-refractivity contribution in [3.05, 3.63) is 47.4 Å².